The van der Waals surface area contributed by atoms with E-state index in [9.17, 15) is 23.7 Å². The zero-order valence-corrected chi connectivity index (χ0v) is 13.1. The number of rotatable bonds is 3. The molecule has 1 aliphatic rings. The van der Waals surface area contributed by atoms with Gasteiger partial charge in [0.15, 0.2) is 0 Å². The molecule has 8 heteroatoms. The Labute approximate surface area is 140 Å². The molecule has 0 bridgehead atoms. The fraction of sp³-hybridized carbons (Fsp3) is 0.188. The summed E-state index contributed by atoms with van der Waals surface area (Å²) in [6, 6.07) is 8.66. The van der Waals surface area contributed by atoms with Gasteiger partial charge in [-0.1, -0.05) is 12.1 Å². The van der Waals surface area contributed by atoms with E-state index in [2.05, 4.69) is 0 Å². The molecule has 3 rings (SSSR count). The van der Waals surface area contributed by atoms with E-state index in [-0.39, 0.29) is 16.8 Å². The van der Waals surface area contributed by atoms with Crippen LogP contribution in [0.4, 0.5) is 14.5 Å². The predicted molar refractivity (Wildman–Crippen MR) is 85.7 cm³/mol. The van der Waals surface area contributed by atoms with Crippen molar-refractivity contribution in [3.05, 3.63) is 75.3 Å². The largest absolute Gasteiger partial charge is 0.322 e. The lowest BCUT2D eigenvalue weighted by Gasteiger charge is -2.24. The number of carbonyl (C=O) groups is 1. The normalized spacial score (nSPS) is 17.1. The summed E-state index contributed by atoms with van der Waals surface area (Å²) in [5, 5.41) is 10.3. The van der Waals surface area contributed by atoms with E-state index in [0.717, 1.165) is 12.1 Å². The van der Waals surface area contributed by atoms with E-state index in [1.165, 1.54) is 47.0 Å². The van der Waals surface area contributed by atoms with E-state index < -0.39 is 27.8 Å². The SMILES string of the molecule is O=C(c1cccc([N+](=O)[O-])c1)N1CCS[C@@H]1c1ccc(F)cc1F. The molecule has 2 aromatic carbocycles. The van der Waals surface area contributed by atoms with Crippen LogP contribution in [-0.4, -0.2) is 28.0 Å². The summed E-state index contributed by atoms with van der Waals surface area (Å²) in [7, 11) is 0. The van der Waals surface area contributed by atoms with E-state index >= 15 is 0 Å². The van der Waals surface area contributed by atoms with Gasteiger partial charge in [0.2, 0.25) is 0 Å². The van der Waals surface area contributed by atoms with Gasteiger partial charge in [0.05, 0.1) is 4.92 Å². The lowest BCUT2D eigenvalue weighted by atomic mass is 10.1. The van der Waals surface area contributed by atoms with E-state index in [4.69, 9.17) is 0 Å². The molecule has 1 heterocycles. The van der Waals surface area contributed by atoms with Crippen LogP contribution in [-0.2, 0) is 0 Å². The smallest absolute Gasteiger partial charge is 0.270 e. The summed E-state index contributed by atoms with van der Waals surface area (Å²) in [6.45, 7) is 0.383. The van der Waals surface area contributed by atoms with Crippen LogP contribution in [0.2, 0.25) is 0 Å². The van der Waals surface area contributed by atoms with Crippen LogP contribution in [0.3, 0.4) is 0 Å². The van der Waals surface area contributed by atoms with E-state index in [1.54, 1.807) is 0 Å². The average Bonchev–Trinajstić information content (AvgIpc) is 3.03. The Kier molecular flexibility index (Phi) is 4.48. The number of hydrogen-bond donors (Lipinski definition) is 0. The third-order valence-corrected chi connectivity index (χ3v) is 4.93. The molecule has 0 spiro atoms. The Bertz CT molecular complexity index is 816. The number of thioether (sulfide) groups is 1. The van der Waals surface area contributed by atoms with Gasteiger partial charge in [0, 0.05) is 41.6 Å². The monoisotopic (exact) mass is 350 g/mol. The van der Waals surface area contributed by atoms with Crippen LogP contribution in [0.5, 0.6) is 0 Å². The van der Waals surface area contributed by atoms with Crippen molar-refractivity contribution in [1.29, 1.82) is 0 Å². The molecule has 1 aliphatic heterocycles. The highest BCUT2D eigenvalue weighted by Gasteiger charge is 2.33. The molecule has 1 saturated heterocycles. The second-order valence-corrected chi connectivity index (χ2v) is 6.38. The number of nitro groups is 1. The van der Waals surface area contributed by atoms with Crippen molar-refractivity contribution in [2.24, 2.45) is 0 Å². The third-order valence-electron chi connectivity index (χ3n) is 3.68. The molecule has 24 heavy (non-hydrogen) atoms. The molecule has 2 aromatic rings. The molecular weight excluding hydrogens is 338 g/mol. The van der Waals surface area contributed by atoms with Gasteiger partial charge < -0.3 is 4.90 Å². The summed E-state index contributed by atoms with van der Waals surface area (Å²) in [5.41, 5.74) is 0.203. The predicted octanol–water partition coefficient (Wildman–Crippen LogP) is 3.76. The third kappa shape index (κ3) is 3.09. The van der Waals surface area contributed by atoms with Crippen LogP contribution in [0, 0.1) is 21.7 Å². The van der Waals surface area contributed by atoms with Gasteiger partial charge in [0.1, 0.15) is 17.0 Å². The molecule has 124 valence electrons. The Morgan fingerprint density at radius 2 is 2.04 bits per heavy atom. The minimum atomic E-state index is -0.716. The van der Waals surface area contributed by atoms with Crippen LogP contribution in [0.15, 0.2) is 42.5 Å². The molecule has 1 amide bonds. The molecule has 0 aromatic heterocycles. The van der Waals surface area contributed by atoms with Gasteiger partial charge in [-0.05, 0) is 12.1 Å². The summed E-state index contributed by atoms with van der Waals surface area (Å²) in [5.74, 6) is -1.22. The summed E-state index contributed by atoms with van der Waals surface area (Å²) in [4.78, 5) is 24.4. The van der Waals surface area contributed by atoms with Crippen LogP contribution in [0.25, 0.3) is 0 Å². The first-order valence-corrected chi connectivity index (χ1v) is 8.14. The minimum absolute atomic E-state index is 0.166. The number of carbonyl (C=O) groups excluding carboxylic acids is 1. The standard InChI is InChI=1S/C16H12F2N2O3S/c17-11-4-5-13(14(18)9-11)16-19(6-7-24-16)15(21)10-2-1-3-12(8-10)20(22)23/h1-5,8-9,16H,6-7H2/t16-/m1/s1. The number of hydrogen-bond acceptors (Lipinski definition) is 4. The Balaban J connectivity index is 1.91. The Morgan fingerprint density at radius 1 is 1.25 bits per heavy atom. The fourth-order valence-corrected chi connectivity index (χ4v) is 3.83. The van der Waals surface area contributed by atoms with Gasteiger partial charge >= 0.3 is 0 Å². The lowest BCUT2D eigenvalue weighted by molar-refractivity contribution is -0.384. The maximum absolute atomic E-state index is 14.0. The number of nitrogens with zero attached hydrogens (tertiary/aromatic N) is 2. The van der Waals surface area contributed by atoms with Crippen molar-refractivity contribution in [2.45, 2.75) is 5.37 Å². The average molecular weight is 350 g/mol. The number of benzene rings is 2. The molecule has 0 N–H and O–H groups in total. The first kappa shape index (κ1) is 16.4. The second kappa shape index (κ2) is 6.56. The van der Waals surface area contributed by atoms with Crippen molar-refractivity contribution in [3.8, 4) is 0 Å². The van der Waals surface area contributed by atoms with Gasteiger partial charge in [-0.2, -0.15) is 0 Å². The molecule has 1 fully saturated rings. The number of non-ortho nitro benzene ring substituents is 1. The quantitative estimate of drug-likeness (QED) is 0.625. The van der Waals surface area contributed by atoms with Gasteiger partial charge in [-0.15, -0.1) is 11.8 Å². The zero-order chi connectivity index (χ0) is 17.3. The van der Waals surface area contributed by atoms with E-state index in [0.29, 0.717) is 12.3 Å². The van der Waals surface area contributed by atoms with Crippen molar-refractivity contribution < 1.29 is 18.5 Å². The Morgan fingerprint density at radius 3 is 2.75 bits per heavy atom. The fourth-order valence-electron chi connectivity index (χ4n) is 2.56. The van der Waals surface area contributed by atoms with Crippen molar-refractivity contribution in [1.82, 2.24) is 4.90 Å². The van der Waals surface area contributed by atoms with Gasteiger partial charge in [0.25, 0.3) is 11.6 Å². The summed E-state index contributed by atoms with van der Waals surface area (Å²) < 4.78 is 27.1. The molecular formula is C16H12F2N2O3S. The maximum atomic E-state index is 14.0. The lowest BCUT2D eigenvalue weighted by Crippen LogP contribution is -2.30. The van der Waals surface area contributed by atoms with E-state index in [1.807, 2.05) is 0 Å². The van der Waals surface area contributed by atoms with Gasteiger partial charge in [-0.3, -0.25) is 14.9 Å². The molecule has 0 saturated carbocycles. The maximum Gasteiger partial charge on any atom is 0.270 e. The van der Waals surface area contributed by atoms with Crippen molar-refractivity contribution >= 4 is 23.4 Å². The van der Waals surface area contributed by atoms with Crippen molar-refractivity contribution in [2.75, 3.05) is 12.3 Å². The Hall–Kier alpha value is -2.48. The van der Waals surface area contributed by atoms with Crippen molar-refractivity contribution in [3.63, 3.8) is 0 Å². The molecule has 5 nitrogen and oxygen atoms in total. The first-order chi connectivity index (χ1) is 11.5. The highest BCUT2D eigenvalue weighted by molar-refractivity contribution is 7.99. The molecule has 0 radical (unpaired) electrons. The molecule has 1 atom stereocenters. The summed E-state index contributed by atoms with van der Waals surface area (Å²) in [6.07, 6.45) is 0. The number of nitro benzene ring substituents is 1. The second-order valence-electron chi connectivity index (χ2n) is 5.19. The van der Waals surface area contributed by atoms with Crippen LogP contribution >= 0.6 is 11.8 Å². The summed E-state index contributed by atoms with van der Waals surface area (Å²) >= 11 is 1.37. The highest BCUT2D eigenvalue weighted by atomic mass is 32.2. The molecule has 0 unspecified atom stereocenters. The van der Waals surface area contributed by atoms with Gasteiger partial charge in [-0.25, -0.2) is 8.78 Å². The number of halogens is 2. The minimum Gasteiger partial charge on any atom is -0.322 e. The topological polar surface area (TPSA) is 63.4 Å². The van der Waals surface area contributed by atoms with Crippen LogP contribution in [0.1, 0.15) is 21.3 Å². The molecule has 0 aliphatic carbocycles. The highest BCUT2D eigenvalue weighted by Crippen LogP contribution is 2.40. The first-order valence-electron chi connectivity index (χ1n) is 7.09. The van der Waals surface area contributed by atoms with Crippen LogP contribution < -0.4 is 0 Å². The zero-order valence-electron chi connectivity index (χ0n) is 12.3. The number of amides is 1.